The third kappa shape index (κ3) is 4.81. The Hall–Kier alpha value is -6.38. The van der Waals surface area contributed by atoms with Gasteiger partial charge in [-0.1, -0.05) is 103 Å². The summed E-state index contributed by atoms with van der Waals surface area (Å²) in [6.07, 6.45) is 0. The van der Waals surface area contributed by atoms with E-state index in [0.717, 1.165) is 55.3 Å². The van der Waals surface area contributed by atoms with Crippen LogP contribution in [0.2, 0.25) is 0 Å². The van der Waals surface area contributed by atoms with Gasteiger partial charge < -0.3 is 4.57 Å². The van der Waals surface area contributed by atoms with Gasteiger partial charge in [0.05, 0.1) is 22.7 Å². The van der Waals surface area contributed by atoms with E-state index in [1.54, 1.807) is 0 Å². The molecule has 8 rings (SSSR count). The van der Waals surface area contributed by atoms with Crippen LogP contribution in [-0.2, 0) is 0 Å². The summed E-state index contributed by atoms with van der Waals surface area (Å²) in [5.41, 5.74) is 8.74. The molecule has 0 bridgehead atoms. The van der Waals surface area contributed by atoms with Crippen molar-refractivity contribution in [1.29, 1.82) is 5.26 Å². The highest BCUT2D eigenvalue weighted by Gasteiger charge is 2.17. The molecule has 0 atom stereocenters. The van der Waals surface area contributed by atoms with Crippen molar-refractivity contribution in [2.75, 3.05) is 0 Å². The second-order valence-electron chi connectivity index (χ2n) is 10.9. The Kier molecular flexibility index (Phi) is 6.44. The minimum absolute atomic E-state index is 0.621. The van der Waals surface area contributed by atoms with Crippen molar-refractivity contribution in [3.05, 3.63) is 157 Å². The van der Waals surface area contributed by atoms with Gasteiger partial charge >= 0.3 is 0 Å². The molecule has 45 heavy (non-hydrogen) atoms. The number of nitrogens with zero attached hydrogens (tertiary/aromatic N) is 5. The molecule has 0 radical (unpaired) electrons. The number of hydrogen-bond donors (Lipinski definition) is 0. The molecule has 0 aliphatic heterocycles. The summed E-state index contributed by atoms with van der Waals surface area (Å²) in [4.78, 5) is 14.8. The van der Waals surface area contributed by atoms with Gasteiger partial charge in [0.1, 0.15) is 0 Å². The smallest absolute Gasteiger partial charge is 0.164 e. The largest absolute Gasteiger partial charge is 0.309 e. The third-order valence-corrected chi connectivity index (χ3v) is 8.06. The van der Waals surface area contributed by atoms with E-state index in [2.05, 4.69) is 71.3 Å². The maximum absolute atomic E-state index is 9.48. The van der Waals surface area contributed by atoms with Crippen molar-refractivity contribution in [3.8, 4) is 57.0 Å². The summed E-state index contributed by atoms with van der Waals surface area (Å²) >= 11 is 0. The van der Waals surface area contributed by atoms with Crippen molar-refractivity contribution in [3.63, 3.8) is 0 Å². The number of benzene rings is 6. The minimum atomic E-state index is 0.621. The second-order valence-corrected chi connectivity index (χ2v) is 10.9. The van der Waals surface area contributed by atoms with Crippen molar-refractivity contribution in [2.45, 2.75) is 0 Å². The molecule has 0 unspecified atom stereocenters. The molecule has 210 valence electrons. The maximum atomic E-state index is 9.48. The van der Waals surface area contributed by atoms with Crippen LogP contribution in [-0.4, -0.2) is 19.5 Å². The van der Waals surface area contributed by atoms with Crippen LogP contribution in [0.1, 0.15) is 5.56 Å². The lowest BCUT2D eigenvalue weighted by Gasteiger charge is -2.10. The molecule has 6 aromatic carbocycles. The molecule has 2 heterocycles. The second kappa shape index (κ2) is 11.0. The topological polar surface area (TPSA) is 67.4 Å². The molecule has 0 amide bonds. The Morgan fingerprint density at radius 2 is 0.978 bits per heavy atom. The van der Waals surface area contributed by atoms with E-state index in [-0.39, 0.29) is 0 Å². The fraction of sp³-hybridized carbons (Fsp3) is 0. The first-order chi connectivity index (χ1) is 22.2. The van der Waals surface area contributed by atoms with Crippen LogP contribution in [0.5, 0.6) is 0 Å². The van der Waals surface area contributed by atoms with Crippen LogP contribution in [0.4, 0.5) is 0 Å². The summed E-state index contributed by atoms with van der Waals surface area (Å²) in [5, 5.41) is 11.7. The monoisotopic (exact) mass is 575 g/mol. The number of nitriles is 1. The van der Waals surface area contributed by atoms with E-state index in [4.69, 9.17) is 15.0 Å². The van der Waals surface area contributed by atoms with Crippen molar-refractivity contribution < 1.29 is 0 Å². The van der Waals surface area contributed by atoms with Gasteiger partial charge in [0.15, 0.2) is 17.5 Å². The summed E-state index contributed by atoms with van der Waals surface area (Å²) in [6.45, 7) is 0. The Bertz CT molecular complexity index is 2310. The number of fused-ring (bicyclic) bond motifs is 3. The fourth-order valence-corrected chi connectivity index (χ4v) is 5.90. The molecule has 0 aliphatic rings. The zero-order valence-electron chi connectivity index (χ0n) is 24.2. The molecule has 0 fully saturated rings. The highest BCUT2D eigenvalue weighted by molar-refractivity contribution is 6.11. The van der Waals surface area contributed by atoms with E-state index in [1.165, 1.54) is 0 Å². The predicted molar refractivity (Wildman–Crippen MR) is 181 cm³/mol. The van der Waals surface area contributed by atoms with Gasteiger partial charge in [0.2, 0.25) is 0 Å². The van der Waals surface area contributed by atoms with Gasteiger partial charge in [-0.25, -0.2) is 15.0 Å². The van der Waals surface area contributed by atoms with Gasteiger partial charge in [-0.05, 0) is 59.7 Å². The summed E-state index contributed by atoms with van der Waals surface area (Å²) in [6, 6.07) is 53.4. The van der Waals surface area contributed by atoms with E-state index >= 15 is 0 Å². The molecule has 5 heteroatoms. The zero-order chi connectivity index (χ0) is 30.2. The SMILES string of the molecule is N#Cc1cccc(-c2ccc3c4cc(-c5nc(-c6ccccc6)nc(-c6ccccc6)n5)ccc4n(-c4ccccc4)c3c2)c1. The third-order valence-electron chi connectivity index (χ3n) is 8.06. The van der Waals surface area contributed by atoms with Crippen molar-refractivity contribution in [2.24, 2.45) is 0 Å². The zero-order valence-corrected chi connectivity index (χ0v) is 24.2. The molecular formula is C40H25N5. The van der Waals surface area contributed by atoms with Gasteiger partial charge in [0.25, 0.3) is 0 Å². The van der Waals surface area contributed by atoms with E-state index in [1.807, 2.05) is 91.0 Å². The number of aromatic nitrogens is 4. The summed E-state index contributed by atoms with van der Waals surface area (Å²) in [5.74, 6) is 1.89. The maximum Gasteiger partial charge on any atom is 0.164 e. The van der Waals surface area contributed by atoms with Gasteiger partial charge in [-0.2, -0.15) is 5.26 Å². The molecule has 0 N–H and O–H groups in total. The average molecular weight is 576 g/mol. The molecule has 5 nitrogen and oxygen atoms in total. The van der Waals surface area contributed by atoms with Crippen LogP contribution >= 0.6 is 0 Å². The number of para-hydroxylation sites is 1. The molecule has 0 saturated carbocycles. The highest BCUT2D eigenvalue weighted by Crippen LogP contribution is 2.37. The Labute approximate surface area is 260 Å². The first-order valence-corrected chi connectivity index (χ1v) is 14.8. The van der Waals surface area contributed by atoms with E-state index in [0.29, 0.717) is 23.0 Å². The van der Waals surface area contributed by atoms with Crippen molar-refractivity contribution >= 4 is 21.8 Å². The molecule has 0 spiro atoms. The van der Waals surface area contributed by atoms with Crippen LogP contribution in [0, 0.1) is 11.3 Å². The fourth-order valence-electron chi connectivity index (χ4n) is 5.90. The standard InChI is InChI=1S/C40H25N5/c41-26-27-11-10-16-30(23-27)31-19-21-34-35-24-32(20-22-36(35)45(37(34)25-31)33-17-8-3-9-18-33)40-43-38(28-12-4-1-5-13-28)42-39(44-40)29-14-6-2-7-15-29/h1-25H. The van der Waals surface area contributed by atoms with E-state index < -0.39 is 0 Å². The van der Waals surface area contributed by atoms with Gasteiger partial charge in [0, 0.05) is 33.2 Å². The van der Waals surface area contributed by atoms with Crippen LogP contribution in [0.25, 0.3) is 72.8 Å². The minimum Gasteiger partial charge on any atom is -0.309 e. The lowest BCUT2D eigenvalue weighted by molar-refractivity contribution is 1.07. The first kappa shape index (κ1) is 26.3. The molecule has 8 aromatic rings. The van der Waals surface area contributed by atoms with Crippen LogP contribution in [0.15, 0.2) is 152 Å². The van der Waals surface area contributed by atoms with Gasteiger partial charge in [-0.15, -0.1) is 0 Å². The predicted octanol–water partition coefficient (Wildman–Crippen LogP) is 9.51. The number of rotatable bonds is 5. The van der Waals surface area contributed by atoms with Crippen LogP contribution in [0.3, 0.4) is 0 Å². The average Bonchev–Trinajstić information content (AvgIpc) is 3.45. The molecule has 0 aliphatic carbocycles. The number of hydrogen-bond acceptors (Lipinski definition) is 4. The molecule has 0 saturated heterocycles. The molecule has 2 aromatic heterocycles. The van der Waals surface area contributed by atoms with Crippen LogP contribution < -0.4 is 0 Å². The summed E-state index contributed by atoms with van der Waals surface area (Å²) < 4.78 is 2.30. The Balaban J connectivity index is 1.35. The Morgan fingerprint density at radius 3 is 1.62 bits per heavy atom. The molecular weight excluding hydrogens is 550 g/mol. The lowest BCUT2D eigenvalue weighted by Crippen LogP contribution is -2.00. The highest BCUT2D eigenvalue weighted by atomic mass is 15.0. The Morgan fingerprint density at radius 1 is 0.422 bits per heavy atom. The van der Waals surface area contributed by atoms with Gasteiger partial charge in [-0.3, -0.25) is 0 Å². The summed E-state index contributed by atoms with van der Waals surface area (Å²) in [7, 11) is 0. The van der Waals surface area contributed by atoms with Crippen molar-refractivity contribution in [1.82, 2.24) is 19.5 Å². The first-order valence-electron chi connectivity index (χ1n) is 14.8. The van der Waals surface area contributed by atoms with E-state index in [9.17, 15) is 5.26 Å². The normalized spacial score (nSPS) is 11.1. The quantitative estimate of drug-likeness (QED) is 0.205. The lowest BCUT2D eigenvalue weighted by atomic mass is 10.0.